The molecule has 30 heavy (non-hydrogen) atoms. The molecule has 2 aromatic carbocycles. The molecule has 0 bridgehead atoms. The van der Waals surface area contributed by atoms with E-state index >= 15 is 0 Å². The van der Waals surface area contributed by atoms with E-state index in [-0.39, 0.29) is 6.61 Å². The van der Waals surface area contributed by atoms with Gasteiger partial charge in [-0.25, -0.2) is 0 Å². The number of aliphatic hydroxyl groups is 1. The van der Waals surface area contributed by atoms with E-state index in [1.165, 1.54) is 0 Å². The number of hydrogen-bond acceptors (Lipinski definition) is 6. The lowest BCUT2D eigenvalue weighted by Gasteiger charge is -2.24. The van der Waals surface area contributed by atoms with Crippen molar-refractivity contribution in [2.45, 2.75) is 26.1 Å². The van der Waals surface area contributed by atoms with E-state index in [4.69, 9.17) is 13.9 Å². The lowest BCUT2D eigenvalue weighted by molar-refractivity contribution is 0.0604. The standard InChI is InChI=1S/C24H27NO5/c1-2-28-22-8-3-6-19(12-22)14-25(16-24-10-5-11-29-24)15-21(27)18-30-23-9-4-7-20(13-23)17-26/h3-13,17,21,27H,2,14-16,18H2,1H3. The zero-order valence-corrected chi connectivity index (χ0v) is 17.1. The van der Waals surface area contributed by atoms with Crippen molar-refractivity contribution < 1.29 is 23.8 Å². The number of hydrogen-bond donors (Lipinski definition) is 1. The van der Waals surface area contributed by atoms with Crippen molar-refractivity contribution in [3.8, 4) is 11.5 Å². The van der Waals surface area contributed by atoms with Crippen molar-refractivity contribution in [3.05, 3.63) is 83.8 Å². The van der Waals surface area contributed by atoms with Gasteiger partial charge in [-0.15, -0.1) is 0 Å². The van der Waals surface area contributed by atoms with Gasteiger partial charge in [0.25, 0.3) is 0 Å². The monoisotopic (exact) mass is 409 g/mol. The second-order valence-corrected chi connectivity index (χ2v) is 6.98. The van der Waals surface area contributed by atoms with Crippen LogP contribution in [-0.4, -0.2) is 42.2 Å². The van der Waals surface area contributed by atoms with E-state index in [0.717, 1.165) is 23.4 Å². The first kappa shape index (κ1) is 21.6. The van der Waals surface area contributed by atoms with Crippen LogP contribution in [0.5, 0.6) is 11.5 Å². The predicted octanol–water partition coefficient (Wildman–Crippen LogP) is 3.93. The molecule has 0 saturated heterocycles. The van der Waals surface area contributed by atoms with E-state index in [1.54, 1.807) is 30.5 Å². The number of nitrogens with zero attached hydrogens (tertiary/aromatic N) is 1. The van der Waals surface area contributed by atoms with Gasteiger partial charge < -0.3 is 19.0 Å². The Hall–Kier alpha value is -3.09. The minimum absolute atomic E-state index is 0.121. The second-order valence-electron chi connectivity index (χ2n) is 6.98. The molecule has 3 aromatic rings. The summed E-state index contributed by atoms with van der Waals surface area (Å²) in [5.74, 6) is 2.20. The number of benzene rings is 2. The highest BCUT2D eigenvalue weighted by atomic mass is 16.5. The smallest absolute Gasteiger partial charge is 0.150 e. The summed E-state index contributed by atoms with van der Waals surface area (Å²) in [5, 5.41) is 10.6. The number of rotatable bonds is 12. The van der Waals surface area contributed by atoms with Gasteiger partial charge in [0.15, 0.2) is 0 Å². The van der Waals surface area contributed by atoms with Crippen molar-refractivity contribution in [2.75, 3.05) is 19.8 Å². The molecule has 0 aliphatic rings. The molecule has 0 aliphatic carbocycles. The van der Waals surface area contributed by atoms with Crippen LogP contribution in [0.2, 0.25) is 0 Å². The molecule has 158 valence electrons. The molecule has 1 aromatic heterocycles. The van der Waals surface area contributed by atoms with Crippen LogP contribution in [0.3, 0.4) is 0 Å². The number of carbonyl (C=O) groups excluding carboxylic acids is 1. The van der Waals surface area contributed by atoms with Crippen LogP contribution in [0.15, 0.2) is 71.3 Å². The quantitative estimate of drug-likeness (QED) is 0.457. The third-order valence-corrected chi connectivity index (χ3v) is 4.48. The van der Waals surface area contributed by atoms with Crippen LogP contribution in [0.25, 0.3) is 0 Å². The van der Waals surface area contributed by atoms with E-state index in [0.29, 0.717) is 37.6 Å². The molecule has 1 heterocycles. The van der Waals surface area contributed by atoms with Gasteiger partial charge in [-0.1, -0.05) is 24.3 Å². The summed E-state index contributed by atoms with van der Waals surface area (Å²) in [5.41, 5.74) is 1.62. The van der Waals surface area contributed by atoms with Crippen molar-refractivity contribution in [2.24, 2.45) is 0 Å². The normalized spacial score (nSPS) is 12.0. The molecule has 0 amide bonds. The van der Waals surface area contributed by atoms with Gasteiger partial charge in [0, 0.05) is 18.7 Å². The average molecular weight is 409 g/mol. The van der Waals surface area contributed by atoms with Crippen LogP contribution < -0.4 is 9.47 Å². The fraction of sp³-hybridized carbons (Fsp3) is 0.292. The summed E-state index contributed by atoms with van der Waals surface area (Å²) in [7, 11) is 0. The van der Waals surface area contributed by atoms with Gasteiger partial charge in [0.05, 0.1) is 19.4 Å². The molecule has 0 saturated carbocycles. The van der Waals surface area contributed by atoms with Gasteiger partial charge in [-0.3, -0.25) is 9.69 Å². The molecule has 6 nitrogen and oxygen atoms in total. The molecule has 1 atom stereocenters. The average Bonchev–Trinajstić information content (AvgIpc) is 3.26. The van der Waals surface area contributed by atoms with Crippen molar-refractivity contribution in [3.63, 3.8) is 0 Å². The zero-order valence-electron chi connectivity index (χ0n) is 17.1. The highest BCUT2D eigenvalue weighted by Crippen LogP contribution is 2.17. The molecule has 1 unspecified atom stereocenters. The van der Waals surface area contributed by atoms with Gasteiger partial charge in [0.1, 0.15) is 36.3 Å². The third-order valence-electron chi connectivity index (χ3n) is 4.48. The number of furan rings is 1. The largest absolute Gasteiger partial charge is 0.494 e. The van der Waals surface area contributed by atoms with Gasteiger partial charge in [-0.2, -0.15) is 0 Å². The molecule has 0 radical (unpaired) electrons. The Labute approximate surface area is 176 Å². The van der Waals surface area contributed by atoms with E-state index < -0.39 is 6.10 Å². The first-order chi connectivity index (χ1) is 14.7. The number of aliphatic hydroxyl groups excluding tert-OH is 1. The molecule has 0 spiro atoms. The summed E-state index contributed by atoms with van der Waals surface area (Å²) in [6, 6.07) is 18.6. The first-order valence-electron chi connectivity index (χ1n) is 9.99. The SMILES string of the molecule is CCOc1cccc(CN(Cc2ccco2)CC(O)COc2cccc(C=O)c2)c1. The molecule has 1 N–H and O–H groups in total. The number of ether oxygens (including phenoxy) is 2. The zero-order chi connectivity index (χ0) is 21.2. The van der Waals surface area contributed by atoms with E-state index in [1.807, 2.05) is 43.3 Å². The van der Waals surface area contributed by atoms with Crippen LogP contribution in [0.1, 0.15) is 28.6 Å². The Morgan fingerprint density at radius 2 is 1.83 bits per heavy atom. The fourth-order valence-electron chi connectivity index (χ4n) is 3.19. The maximum absolute atomic E-state index is 10.9. The van der Waals surface area contributed by atoms with Gasteiger partial charge in [-0.05, 0) is 48.9 Å². The highest BCUT2D eigenvalue weighted by Gasteiger charge is 2.15. The van der Waals surface area contributed by atoms with E-state index in [9.17, 15) is 9.90 Å². The van der Waals surface area contributed by atoms with Gasteiger partial charge in [0.2, 0.25) is 0 Å². The lowest BCUT2D eigenvalue weighted by atomic mass is 10.2. The molecular formula is C24H27NO5. The Kier molecular flexibility index (Phi) is 8.06. The molecule has 0 fully saturated rings. The Balaban J connectivity index is 1.62. The summed E-state index contributed by atoms with van der Waals surface area (Å²) in [6.45, 7) is 4.27. The molecule has 6 heteroatoms. The lowest BCUT2D eigenvalue weighted by Crippen LogP contribution is -2.35. The summed E-state index contributed by atoms with van der Waals surface area (Å²) < 4.78 is 16.7. The molecule has 0 aliphatic heterocycles. The minimum Gasteiger partial charge on any atom is -0.494 e. The third kappa shape index (κ3) is 6.76. The summed E-state index contributed by atoms with van der Waals surface area (Å²) in [4.78, 5) is 13.0. The Morgan fingerprint density at radius 3 is 2.57 bits per heavy atom. The molecular weight excluding hydrogens is 382 g/mol. The summed E-state index contributed by atoms with van der Waals surface area (Å²) >= 11 is 0. The predicted molar refractivity (Wildman–Crippen MR) is 114 cm³/mol. The number of carbonyl (C=O) groups is 1. The van der Waals surface area contributed by atoms with Crippen LogP contribution in [-0.2, 0) is 13.1 Å². The molecule has 3 rings (SSSR count). The van der Waals surface area contributed by atoms with Crippen LogP contribution >= 0.6 is 0 Å². The minimum atomic E-state index is -0.713. The fourth-order valence-corrected chi connectivity index (χ4v) is 3.19. The van der Waals surface area contributed by atoms with Crippen LogP contribution in [0, 0.1) is 0 Å². The maximum atomic E-state index is 10.9. The Bertz CT molecular complexity index is 909. The van der Waals surface area contributed by atoms with Crippen molar-refractivity contribution >= 4 is 6.29 Å². The number of aldehydes is 1. The topological polar surface area (TPSA) is 72.1 Å². The van der Waals surface area contributed by atoms with E-state index in [2.05, 4.69) is 4.90 Å². The van der Waals surface area contributed by atoms with Gasteiger partial charge >= 0.3 is 0 Å². The first-order valence-corrected chi connectivity index (χ1v) is 9.99. The maximum Gasteiger partial charge on any atom is 0.150 e. The Morgan fingerprint density at radius 1 is 1.03 bits per heavy atom. The highest BCUT2D eigenvalue weighted by molar-refractivity contribution is 5.75. The van der Waals surface area contributed by atoms with Crippen LogP contribution in [0.4, 0.5) is 0 Å². The van der Waals surface area contributed by atoms with Crippen molar-refractivity contribution in [1.29, 1.82) is 0 Å². The second kappa shape index (κ2) is 11.2. The van der Waals surface area contributed by atoms with Crippen molar-refractivity contribution in [1.82, 2.24) is 4.90 Å². The summed E-state index contributed by atoms with van der Waals surface area (Å²) in [6.07, 6.45) is 1.70.